The average molecular weight is 267 g/mol. The van der Waals surface area contributed by atoms with Gasteiger partial charge in [-0.2, -0.15) is 0 Å². The van der Waals surface area contributed by atoms with Crippen molar-refractivity contribution < 1.29 is 4.74 Å². The molecule has 0 amide bonds. The molecule has 2 saturated heterocycles. The van der Waals surface area contributed by atoms with Crippen LogP contribution in [0.5, 0.6) is 0 Å². The quantitative estimate of drug-likeness (QED) is 0.804. The van der Waals surface area contributed by atoms with Crippen molar-refractivity contribution in [1.82, 2.24) is 9.80 Å². The fourth-order valence-corrected chi connectivity index (χ4v) is 3.78. The van der Waals surface area contributed by atoms with Gasteiger partial charge in [-0.05, 0) is 45.1 Å². The van der Waals surface area contributed by atoms with Crippen LogP contribution in [0.15, 0.2) is 0 Å². The molecule has 1 aliphatic carbocycles. The van der Waals surface area contributed by atoms with E-state index >= 15 is 0 Å². The Balaban J connectivity index is 1.57. The number of hydrogen-bond donors (Lipinski definition) is 1. The van der Waals surface area contributed by atoms with Gasteiger partial charge in [0.15, 0.2) is 0 Å². The summed E-state index contributed by atoms with van der Waals surface area (Å²) in [6.45, 7) is 6.33. The standard InChI is InChI=1S/C15H29N3O/c1-17(10-13-4-8-19-9-5-13)15(11-16)6-7-18(12-15)14-2-3-14/h13-14H,2-12,16H2,1H3. The van der Waals surface area contributed by atoms with Crippen molar-refractivity contribution in [2.75, 3.05) is 46.4 Å². The van der Waals surface area contributed by atoms with Crippen molar-refractivity contribution >= 4 is 0 Å². The summed E-state index contributed by atoms with van der Waals surface area (Å²) in [6, 6.07) is 0.880. The third kappa shape index (κ3) is 2.97. The van der Waals surface area contributed by atoms with E-state index in [4.69, 9.17) is 10.5 Å². The summed E-state index contributed by atoms with van der Waals surface area (Å²) in [6.07, 6.45) is 6.50. The van der Waals surface area contributed by atoms with E-state index in [1.807, 2.05) is 0 Å². The summed E-state index contributed by atoms with van der Waals surface area (Å²) in [5.74, 6) is 0.803. The van der Waals surface area contributed by atoms with Gasteiger partial charge in [0.05, 0.1) is 0 Å². The first-order valence-electron chi connectivity index (χ1n) is 7.97. The molecular weight excluding hydrogens is 238 g/mol. The van der Waals surface area contributed by atoms with Crippen LogP contribution in [0.3, 0.4) is 0 Å². The molecule has 2 N–H and O–H groups in total. The van der Waals surface area contributed by atoms with Crippen LogP contribution in [0.2, 0.25) is 0 Å². The maximum absolute atomic E-state index is 6.16. The summed E-state index contributed by atoms with van der Waals surface area (Å²) >= 11 is 0. The van der Waals surface area contributed by atoms with Crippen molar-refractivity contribution in [3.63, 3.8) is 0 Å². The van der Waals surface area contributed by atoms with Gasteiger partial charge in [-0.25, -0.2) is 0 Å². The predicted octanol–water partition coefficient (Wildman–Crippen LogP) is 0.910. The zero-order valence-electron chi connectivity index (χ0n) is 12.3. The number of likely N-dealkylation sites (N-methyl/N-ethyl adjacent to an activating group) is 1. The van der Waals surface area contributed by atoms with Gasteiger partial charge in [0.2, 0.25) is 0 Å². The second-order valence-electron chi connectivity index (χ2n) is 6.82. The Bertz CT molecular complexity index is 302. The molecule has 0 spiro atoms. The molecular formula is C15H29N3O. The molecule has 1 atom stereocenters. The third-order valence-electron chi connectivity index (χ3n) is 5.49. The van der Waals surface area contributed by atoms with Crippen LogP contribution in [0, 0.1) is 5.92 Å². The van der Waals surface area contributed by atoms with E-state index in [-0.39, 0.29) is 5.54 Å². The topological polar surface area (TPSA) is 41.7 Å². The Morgan fingerprint density at radius 3 is 2.63 bits per heavy atom. The molecule has 4 nitrogen and oxygen atoms in total. The first-order valence-corrected chi connectivity index (χ1v) is 7.97. The van der Waals surface area contributed by atoms with Gasteiger partial charge in [-0.1, -0.05) is 0 Å². The molecule has 3 fully saturated rings. The molecule has 0 radical (unpaired) electrons. The maximum atomic E-state index is 6.16. The van der Waals surface area contributed by atoms with Crippen molar-refractivity contribution in [3.05, 3.63) is 0 Å². The third-order valence-corrected chi connectivity index (χ3v) is 5.49. The Kier molecular flexibility index (Phi) is 4.13. The van der Waals surface area contributed by atoms with Crippen LogP contribution in [0.4, 0.5) is 0 Å². The van der Waals surface area contributed by atoms with Crippen molar-refractivity contribution in [2.45, 2.75) is 43.7 Å². The predicted molar refractivity (Wildman–Crippen MR) is 77.2 cm³/mol. The molecule has 1 saturated carbocycles. The Morgan fingerprint density at radius 2 is 2.00 bits per heavy atom. The summed E-state index contributed by atoms with van der Waals surface area (Å²) in [5, 5.41) is 0. The van der Waals surface area contributed by atoms with E-state index in [2.05, 4.69) is 16.8 Å². The Morgan fingerprint density at radius 1 is 1.26 bits per heavy atom. The summed E-state index contributed by atoms with van der Waals surface area (Å²) < 4.78 is 5.46. The van der Waals surface area contributed by atoms with E-state index in [1.54, 1.807) is 0 Å². The molecule has 110 valence electrons. The second-order valence-corrected chi connectivity index (χ2v) is 6.82. The molecule has 3 rings (SSSR count). The number of nitrogens with two attached hydrogens (primary N) is 1. The maximum Gasteiger partial charge on any atom is 0.0469 e. The normalized spacial score (nSPS) is 34.3. The van der Waals surface area contributed by atoms with Gasteiger partial charge < -0.3 is 10.5 Å². The fraction of sp³-hybridized carbons (Fsp3) is 1.00. The van der Waals surface area contributed by atoms with Gasteiger partial charge in [-0.3, -0.25) is 9.80 Å². The van der Waals surface area contributed by atoms with E-state index in [9.17, 15) is 0 Å². The summed E-state index contributed by atoms with van der Waals surface area (Å²) in [5.41, 5.74) is 6.40. The molecule has 2 heterocycles. The Labute approximate surface area is 117 Å². The minimum Gasteiger partial charge on any atom is -0.381 e. The number of nitrogens with zero attached hydrogens (tertiary/aromatic N) is 2. The van der Waals surface area contributed by atoms with Crippen molar-refractivity contribution in [1.29, 1.82) is 0 Å². The van der Waals surface area contributed by atoms with Crippen LogP contribution in [-0.2, 0) is 4.74 Å². The molecule has 0 aromatic carbocycles. The van der Waals surface area contributed by atoms with Gasteiger partial charge in [0, 0.05) is 51.0 Å². The van der Waals surface area contributed by atoms with Crippen LogP contribution in [-0.4, -0.2) is 67.8 Å². The molecule has 0 aromatic heterocycles. The first kappa shape index (κ1) is 13.8. The zero-order chi connectivity index (χ0) is 13.3. The highest BCUT2D eigenvalue weighted by Crippen LogP contribution is 2.36. The lowest BCUT2D eigenvalue weighted by molar-refractivity contribution is 0.0357. The highest BCUT2D eigenvalue weighted by molar-refractivity contribution is 5.03. The average Bonchev–Trinajstić information content (AvgIpc) is 3.19. The van der Waals surface area contributed by atoms with Crippen LogP contribution in [0.1, 0.15) is 32.1 Å². The summed E-state index contributed by atoms with van der Waals surface area (Å²) in [4.78, 5) is 5.25. The lowest BCUT2D eigenvalue weighted by Crippen LogP contribution is -2.55. The minimum absolute atomic E-state index is 0.237. The van der Waals surface area contributed by atoms with Crippen molar-refractivity contribution in [3.8, 4) is 0 Å². The fourth-order valence-electron chi connectivity index (χ4n) is 3.78. The summed E-state index contributed by atoms with van der Waals surface area (Å²) in [7, 11) is 2.29. The molecule has 3 aliphatic rings. The SMILES string of the molecule is CN(CC1CCOCC1)C1(CN)CCN(C2CC2)C1. The van der Waals surface area contributed by atoms with E-state index in [0.717, 1.165) is 31.7 Å². The van der Waals surface area contributed by atoms with Gasteiger partial charge in [0.1, 0.15) is 0 Å². The number of ether oxygens (including phenoxy) is 1. The smallest absolute Gasteiger partial charge is 0.0469 e. The van der Waals surface area contributed by atoms with Crippen molar-refractivity contribution in [2.24, 2.45) is 11.7 Å². The molecule has 1 unspecified atom stereocenters. The molecule has 2 aliphatic heterocycles. The molecule has 0 bridgehead atoms. The van der Waals surface area contributed by atoms with Gasteiger partial charge >= 0.3 is 0 Å². The molecule has 4 heteroatoms. The van der Waals surface area contributed by atoms with Crippen LogP contribution in [0.25, 0.3) is 0 Å². The molecule has 0 aromatic rings. The highest BCUT2D eigenvalue weighted by Gasteiger charge is 2.45. The van der Waals surface area contributed by atoms with Crippen LogP contribution >= 0.6 is 0 Å². The first-order chi connectivity index (χ1) is 9.23. The van der Waals surface area contributed by atoms with E-state index in [0.29, 0.717) is 0 Å². The second kappa shape index (κ2) is 5.68. The molecule has 19 heavy (non-hydrogen) atoms. The largest absolute Gasteiger partial charge is 0.381 e. The number of rotatable bonds is 5. The van der Waals surface area contributed by atoms with Gasteiger partial charge in [-0.15, -0.1) is 0 Å². The monoisotopic (exact) mass is 267 g/mol. The number of hydrogen-bond acceptors (Lipinski definition) is 4. The zero-order valence-corrected chi connectivity index (χ0v) is 12.3. The number of likely N-dealkylation sites (tertiary alicyclic amines) is 1. The Hall–Kier alpha value is -0.160. The lowest BCUT2D eigenvalue weighted by Gasteiger charge is -2.40. The lowest BCUT2D eigenvalue weighted by atomic mass is 9.93. The minimum atomic E-state index is 0.237. The van der Waals surface area contributed by atoms with Gasteiger partial charge in [0.25, 0.3) is 0 Å². The highest BCUT2D eigenvalue weighted by atomic mass is 16.5. The van der Waals surface area contributed by atoms with Crippen LogP contribution < -0.4 is 5.73 Å². The van der Waals surface area contributed by atoms with E-state index < -0.39 is 0 Å². The van der Waals surface area contributed by atoms with E-state index in [1.165, 1.54) is 51.7 Å².